The lowest BCUT2D eigenvalue weighted by Crippen LogP contribution is -2.42. The molecule has 0 aliphatic heterocycles. The molecule has 5 heteroatoms. The Kier molecular flexibility index (Phi) is 12.1. The summed E-state index contributed by atoms with van der Waals surface area (Å²) >= 11 is 0. The van der Waals surface area contributed by atoms with Gasteiger partial charge in [0.1, 0.15) is 0 Å². The summed E-state index contributed by atoms with van der Waals surface area (Å²) in [4.78, 5) is 0. The fourth-order valence-corrected chi connectivity index (χ4v) is 3.72. The van der Waals surface area contributed by atoms with Gasteiger partial charge in [0.05, 0.1) is 0 Å². The minimum absolute atomic E-state index is 0.916. The van der Waals surface area contributed by atoms with E-state index in [0.29, 0.717) is 0 Å². The van der Waals surface area contributed by atoms with Gasteiger partial charge in [0.15, 0.2) is 0 Å². The topological polar surface area (TPSA) is 39.7 Å². The molecule has 0 bridgehead atoms. The molecule has 1 N–H and O–H groups in total. The zero-order valence-corrected chi connectivity index (χ0v) is 13.6. The molecular weight excluding hydrogens is 246 g/mol. The summed E-state index contributed by atoms with van der Waals surface area (Å²) in [5.41, 5.74) is 0. The van der Waals surface area contributed by atoms with Gasteiger partial charge in [-0.15, -0.1) is 0 Å². The second-order valence-corrected chi connectivity index (χ2v) is 7.65. The van der Waals surface area contributed by atoms with Gasteiger partial charge in [-0.1, -0.05) is 26.2 Å². The quantitative estimate of drug-likeness (QED) is 0.415. The van der Waals surface area contributed by atoms with E-state index in [1.54, 1.807) is 21.3 Å². The highest BCUT2D eigenvalue weighted by molar-refractivity contribution is 6.60. The average molecular weight is 277 g/mol. The maximum Gasteiger partial charge on any atom is 0.500 e. The summed E-state index contributed by atoms with van der Waals surface area (Å²) in [7, 11) is 2.71. The molecule has 0 aromatic carbocycles. The van der Waals surface area contributed by atoms with Crippen LogP contribution in [0, 0.1) is 0 Å². The maximum absolute atomic E-state index is 5.39. The molecule has 110 valence electrons. The van der Waals surface area contributed by atoms with E-state index in [4.69, 9.17) is 13.3 Å². The third-order valence-electron chi connectivity index (χ3n) is 3.23. The normalized spacial score (nSPS) is 12.0. The smallest absolute Gasteiger partial charge is 0.377 e. The van der Waals surface area contributed by atoms with E-state index in [1.165, 1.54) is 32.1 Å². The Morgan fingerprint density at radius 2 is 1.33 bits per heavy atom. The summed E-state index contributed by atoms with van der Waals surface area (Å²) in [6.45, 7) is 4.52. The van der Waals surface area contributed by atoms with Crippen molar-refractivity contribution >= 4 is 8.80 Å². The Labute approximate surface area is 114 Å². The molecular formula is C13H31NO3Si. The van der Waals surface area contributed by atoms with Crippen LogP contribution in [0.5, 0.6) is 0 Å². The summed E-state index contributed by atoms with van der Waals surface area (Å²) in [6.07, 6.45) is 7.41. The Morgan fingerprint density at radius 3 is 1.89 bits per heavy atom. The molecule has 0 radical (unpaired) electrons. The molecule has 0 spiro atoms. The zero-order chi connectivity index (χ0) is 13.7. The minimum Gasteiger partial charge on any atom is -0.377 e. The van der Waals surface area contributed by atoms with Crippen molar-refractivity contribution in [3.63, 3.8) is 0 Å². The predicted molar refractivity (Wildman–Crippen MR) is 77.8 cm³/mol. The highest BCUT2D eigenvalue weighted by Crippen LogP contribution is 2.17. The van der Waals surface area contributed by atoms with Crippen LogP contribution in [0.15, 0.2) is 0 Å². The number of hydrogen-bond donors (Lipinski definition) is 1. The van der Waals surface area contributed by atoms with Gasteiger partial charge in [0, 0.05) is 27.4 Å². The Morgan fingerprint density at radius 1 is 0.778 bits per heavy atom. The lowest BCUT2D eigenvalue weighted by Gasteiger charge is -2.24. The molecule has 0 unspecified atom stereocenters. The monoisotopic (exact) mass is 277 g/mol. The predicted octanol–water partition coefficient (Wildman–Crippen LogP) is 2.81. The first-order valence-corrected chi connectivity index (χ1v) is 9.04. The van der Waals surface area contributed by atoms with Crippen LogP contribution >= 0.6 is 0 Å². The summed E-state index contributed by atoms with van der Waals surface area (Å²) in [5.74, 6) is 0. The standard InChI is InChI=1S/C13H31NO3Si/c1-5-6-11-14-12-9-7-8-10-13-18(15-2,16-3)17-4/h14H,5-13H2,1-4H3. The van der Waals surface area contributed by atoms with E-state index in [2.05, 4.69) is 12.2 Å². The largest absolute Gasteiger partial charge is 0.500 e. The van der Waals surface area contributed by atoms with Crippen molar-refractivity contribution in [2.24, 2.45) is 0 Å². The SMILES string of the molecule is CCCCNCCCCCC[Si](OC)(OC)OC. The number of rotatable bonds is 13. The number of nitrogens with one attached hydrogen (secondary N) is 1. The van der Waals surface area contributed by atoms with E-state index < -0.39 is 8.80 Å². The third kappa shape index (κ3) is 8.21. The van der Waals surface area contributed by atoms with Crippen LogP contribution in [-0.4, -0.2) is 43.2 Å². The van der Waals surface area contributed by atoms with Crippen LogP contribution in [0.2, 0.25) is 6.04 Å². The fourth-order valence-electron chi connectivity index (χ4n) is 1.93. The van der Waals surface area contributed by atoms with E-state index in [0.717, 1.165) is 25.6 Å². The maximum atomic E-state index is 5.39. The summed E-state index contributed by atoms with van der Waals surface area (Å²) in [5, 5.41) is 3.46. The van der Waals surface area contributed by atoms with Crippen LogP contribution in [0.25, 0.3) is 0 Å². The molecule has 0 amide bonds. The summed E-state index contributed by atoms with van der Waals surface area (Å²) < 4.78 is 16.2. The van der Waals surface area contributed by atoms with E-state index in [9.17, 15) is 0 Å². The zero-order valence-electron chi connectivity index (χ0n) is 12.6. The Balaban J connectivity index is 3.38. The van der Waals surface area contributed by atoms with E-state index >= 15 is 0 Å². The molecule has 18 heavy (non-hydrogen) atoms. The molecule has 0 saturated carbocycles. The van der Waals surface area contributed by atoms with Gasteiger partial charge in [-0.05, 0) is 32.4 Å². The average Bonchev–Trinajstić information content (AvgIpc) is 2.42. The van der Waals surface area contributed by atoms with Crippen molar-refractivity contribution in [1.82, 2.24) is 5.32 Å². The second-order valence-electron chi connectivity index (χ2n) is 4.56. The first kappa shape index (κ1) is 18.1. The van der Waals surface area contributed by atoms with E-state index in [-0.39, 0.29) is 0 Å². The first-order valence-electron chi connectivity index (χ1n) is 7.10. The lowest BCUT2D eigenvalue weighted by atomic mass is 10.2. The van der Waals surface area contributed by atoms with Crippen LogP contribution in [-0.2, 0) is 13.3 Å². The van der Waals surface area contributed by atoms with Gasteiger partial charge in [-0.25, -0.2) is 0 Å². The molecule has 0 aliphatic rings. The van der Waals surface area contributed by atoms with Crippen molar-refractivity contribution in [1.29, 1.82) is 0 Å². The molecule has 0 heterocycles. The molecule has 4 nitrogen and oxygen atoms in total. The molecule has 0 aromatic heterocycles. The minimum atomic E-state index is -2.32. The van der Waals surface area contributed by atoms with Gasteiger partial charge < -0.3 is 18.6 Å². The van der Waals surface area contributed by atoms with Crippen LogP contribution in [0.3, 0.4) is 0 Å². The summed E-state index contributed by atoms with van der Waals surface area (Å²) in [6, 6.07) is 0.916. The molecule has 0 aliphatic carbocycles. The molecule has 0 atom stereocenters. The number of hydrogen-bond acceptors (Lipinski definition) is 4. The van der Waals surface area contributed by atoms with Crippen molar-refractivity contribution in [2.45, 2.75) is 51.5 Å². The molecule has 0 fully saturated rings. The highest BCUT2D eigenvalue weighted by Gasteiger charge is 2.36. The first-order chi connectivity index (χ1) is 8.74. The van der Waals surface area contributed by atoms with E-state index in [1.807, 2.05) is 0 Å². The van der Waals surface area contributed by atoms with Gasteiger partial charge in [0.2, 0.25) is 0 Å². The van der Waals surface area contributed by atoms with Crippen LogP contribution in [0.4, 0.5) is 0 Å². The van der Waals surface area contributed by atoms with Crippen LogP contribution in [0.1, 0.15) is 45.4 Å². The lowest BCUT2D eigenvalue weighted by molar-refractivity contribution is 0.122. The van der Waals surface area contributed by atoms with Gasteiger partial charge in [-0.2, -0.15) is 0 Å². The highest BCUT2D eigenvalue weighted by atomic mass is 28.4. The molecule has 0 aromatic rings. The number of unbranched alkanes of at least 4 members (excludes halogenated alkanes) is 4. The van der Waals surface area contributed by atoms with Crippen molar-refractivity contribution in [3.05, 3.63) is 0 Å². The van der Waals surface area contributed by atoms with Crippen molar-refractivity contribution < 1.29 is 13.3 Å². The Bertz CT molecular complexity index is 169. The third-order valence-corrected chi connectivity index (χ3v) is 6.06. The van der Waals surface area contributed by atoms with Gasteiger partial charge in [-0.3, -0.25) is 0 Å². The second kappa shape index (κ2) is 12.1. The van der Waals surface area contributed by atoms with Crippen molar-refractivity contribution in [2.75, 3.05) is 34.4 Å². The van der Waals surface area contributed by atoms with Gasteiger partial charge >= 0.3 is 8.80 Å². The van der Waals surface area contributed by atoms with Crippen LogP contribution < -0.4 is 5.32 Å². The molecule has 0 saturated heterocycles. The molecule has 0 rings (SSSR count). The van der Waals surface area contributed by atoms with Crippen molar-refractivity contribution in [3.8, 4) is 0 Å². The fraction of sp³-hybridized carbons (Fsp3) is 1.00. The van der Waals surface area contributed by atoms with Gasteiger partial charge in [0.25, 0.3) is 0 Å². The Hall–Kier alpha value is 0.0569.